The van der Waals surface area contributed by atoms with E-state index in [0.717, 1.165) is 32.1 Å². The number of piperidine rings is 1. The van der Waals surface area contributed by atoms with Gasteiger partial charge in [-0.15, -0.1) is 0 Å². The minimum atomic E-state index is -0.127. The monoisotopic (exact) mass is 305 g/mol. The first-order valence-electron chi connectivity index (χ1n) is 8.20. The fourth-order valence-corrected chi connectivity index (χ4v) is 3.70. The van der Waals surface area contributed by atoms with Crippen molar-refractivity contribution in [2.45, 2.75) is 57.9 Å². The van der Waals surface area contributed by atoms with Crippen molar-refractivity contribution in [1.82, 2.24) is 4.90 Å². The molecule has 0 aromatic carbocycles. The summed E-state index contributed by atoms with van der Waals surface area (Å²) < 4.78 is 5.77. The number of fused-ring (bicyclic) bond motifs is 1. The van der Waals surface area contributed by atoms with Crippen LogP contribution in [0.5, 0.6) is 0 Å². The highest BCUT2D eigenvalue weighted by Gasteiger charge is 2.34. The Balaban J connectivity index is 1.90. The molecule has 1 aromatic heterocycles. The summed E-state index contributed by atoms with van der Waals surface area (Å²) in [6, 6.07) is 0.0727. The number of aliphatic hydroxyl groups excluding tert-OH is 1. The Morgan fingerprint density at radius 1 is 1.32 bits per heavy atom. The minimum Gasteiger partial charge on any atom is -0.455 e. The van der Waals surface area contributed by atoms with E-state index in [9.17, 15) is 14.7 Å². The average molecular weight is 305 g/mol. The van der Waals surface area contributed by atoms with E-state index in [4.69, 9.17) is 4.42 Å². The lowest BCUT2D eigenvalue weighted by Gasteiger charge is -2.35. The van der Waals surface area contributed by atoms with Gasteiger partial charge in [0.15, 0.2) is 11.5 Å². The maximum Gasteiger partial charge on any atom is 0.290 e. The molecule has 0 bridgehead atoms. The summed E-state index contributed by atoms with van der Waals surface area (Å²) in [7, 11) is 0. The second-order valence-electron chi connectivity index (χ2n) is 6.29. The van der Waals surface area contributed by atoms with E-state index in [-0.39, 0.29) is 24.3 Å². The van der Waals surface area contributed by atoms with E-state index in [1.807, 2.05) is 11.8 Å². The number of Topliss-reactive ketones (excluding diaryl/α,β-unsaturated/α-hetero) is 1. The molecule has 2 aliphatic rings. The van der Waals surface area contributed by atoms with Crippen LogP contribution in [0.2, 0.25) is 0 Å². The van der Waals surface area contributed by atoms with Gasteiger partial charge in [0.25, 0.3) is 5.91 Å². The van der Waals surface area contributed by atoms with E-state index in [0.29, 0.717) is 42.0 Å². The van der Waals surface area contributed by atoms with Crippen LogP contribution in [0.4, 0.5) is 0 Å². The zero-order valence-electron chi connectivity index (χ0n) is 13.1. The number of amides is 1. The molecule has 1 aromatic rings. The van der Waals surface area contributed by atoms with Crippen molar-refractivity contribution in [2.75, 3.05) is 13.2 Å². The number of aliphatic hydroxyl groups is 1. The molecule has 0 saturated carbocycles. The van der Waals surface area contributed by atoms with Crippen molar-refractivity contribution in [1.29, 1.82) is 0 Å². The molecule has 0 radical (unpaired) electrons. The van der Waals surface area contributed by atoms with E-state index >= 15 is 0 Å². The van der Waals surface area contributed by atoms with Crippen LogP contribution < -0.4 is 0 Å². The number of likely N-dealkylation sites (tertiary alicyclic amines) is 1. The summed E-state index contributed by atoms with van der Waals surface area (Å²) in [5.41, 5.74) is 1.32. The molecular formula is C17H23NO4. The lowest BCUT2D eigenvalue weighted by atomic mass is 9.93. The van der Waals surface area contributed by atoms with Gasteiger partial charge in [-0.25, -0.2) is 0 Å². The van der Waals surface area contributed by atoms with Crippen molar-refractivity contribution in [2.24, 2.45) is 0 Å². The number of rotatable bonds is 3. The number of carbonyl (C=O) groups excluding carboxylic acids is 2. The van der Waals surface area contributed by atoms with Gasteiger partial charge in [-0.1, -0.05) is 0 Å². The van der Waals surface area contributed by atoms with Gasteiger partial charge < -0.3 is 14.4 Å². The molecule has 5 nitrogen and oxygen atoms in total. The highest BCUT2D eigenvalue weighted by atomic mass is 16.4. The molecule has 5 heteroatoms. The third-order valence-corrected chi connectivity index (χ3v) is 4.85. The SMILES string of the molecule is Cc1c(C(=O)N2CCCC[C@@H]2CCO)oc2c1C(=O)CCC2. The molecule has 1 atom stereocenters. The topological polar surface area (TPSA) is 70.8 Å². The molecule has 1 N–H and O–H groups in total. The number of nitrogens with zero attached hydrogens (tertiary/aromatic N) is 1. The Labute approximate surface area is 130 Å². The summed E-state index contributed by atoms with van der Waals surface area (Å²) >= 11 is 0. The molecule has 1 aliphatic carbocycles. The maximum absolute atomic E-state index is 12.9. The van der Waals surface area contributed by atoms with Crippen LogP contribution >= 0.6 is 0 Å². The summed E-state index contributed by atoms with van der Waals surface area (Å²) in [6.07, 6.45) is 5.65. The van der Waals surface area contributed by atoms with Crippen LogP contribution in [0, 0.1) is 6.92 Å². The maximum atomic E-state index is 12.9. The first kappa shape index (κ1) is 15.3. The number of carbonyl (C=O) groups is 2. The van der Waals surface area contributed by atoms with E-state index < -0.39 is 0 Å². The standard InChI is InChI=1S/C17H23NO4/c1-11-15-13(20)6-4-7-14(15)22-16(11)17(21)18-9-3-2-5-12(18)8-10-19/h12,19H,2-10H2,1H3/t12-/m1/s1. The predicted octanol–water partition coefficient (Wildman–Crippen LogP) is 2.48. The van der Waals surface area contributed by atoms with Crippen LogP contribution in [-0.2, 0) is 6.42 Å². The van der Waals surface area contributed by atoms with E-state index in [1.165, 1.54) is 0 Å². The Bertz CT molecular complexity index is 588. The van der Waals surface area contributed by atoms with Crippen molar-refractivity contribution < 1.29 is 19.1 Å². The van der Waals surface area contributed by atoms with Crippen LogP contribution in [0.25, 0.3) is 0 Å². The lowest BCUT2D eigenvalue weighted by molar-refractivity contribution is 0.0539. The predicted molar refractivity (Wildman–Crippen MR) is 81.1 cm³/mol. The minimum absolute atomic E-state index is 0.0727. The number of aryl methyl sites for hydroxylation is 1. The normalized spacial score (nSPS) is 21.8. The third-order valence-electron chi connectivity index (χ3n) is 4.85. The van der Waals surface area contributed by atoms with Crippen LogP contribution in [-0.4, -0.2) is 40.9 Å². The third kappa shape index (κ3) is 2.58. The number of hydrogen-bond donors (Lipinski definition) is 1. The van der Waals surface area contributed by atoms with Crippen molar-refractivity contribution in [3.05, 3.63) is 22.6 Å². The molecule has 1 amide bonds. The van der Waals surface area contributed by atoms with Crippen LogP contribution in [0.15, 0.2) is 4.42 Å². The fraction of sp³-hybridized carbons (Fsp3) is 0.647. The summed E-state index contributed by atoms with van der Waals surface area (Å²) in [5.74, 6) is 0.961. The zero-order valence-corrected chi connectivity index (χ0v) is 13.1. The Morgan fingerprint density at radius 3 is 2.86 bits per heavy atom. The van der Waals surface area contributed by atoms with E-state index in [2.05, 4.69) is 0 Å². The molecule has 2 heterocycles. The molecule has 1 aliphatic heterocycles. The molecule has 22 heavy (non-hydrogen) atoms. The fourth-order valence-electron chi connectivity index (χ4n) is 3.70. The van der Waals surface area contributed by atoms with Gasteiger partial charge in [-0.2, -0.15) is 0 Å². The van der Waals surface area contributed by atoms with Gasteiger partial charge in [0.05, 0.1) is 5.56 Å². The largest absolute Gasteiger partial charge is 0.455 e. The molecule has 120 valence electrons. The van der Waals surface area contributed by atoms with Crippen LogP contribution in [0.3, 0.4) is 0 Å². The Hall–Kier alpha value is -1.62. The zero-order chi connectivity index (χ0) is 15.7. The van der Waals surface area contributed by atoms with Gasteiger partial charge in [0.2, 0.25) is 0 Å². The molecule has 3 rings (SSSR count). The van der Waals surface area contributed by atoms with Gasteiger partial charge in [-0.05, 0) is 39.0 Å². The molecular weight excluding hydrogens is 282 g/mol. The quantitative estimate of drug-likeness (QED) is 0.931. The first-order chi connectivity index (χ1) is 10.6. The highest BCUT2D eigenvalue weighted by molar-refractivity contribution is 6.03. The van der Waals surface area contributed by atoms with Crippen molar-refractivity contribution in [3.8, 4) is 0 Å². The second-order valence-corrected chi connectivity index (χ2v) is 6.29. The Kier molecular flexibility index (Phi) is 4.34. The molecule has 0 unspecified atom stereocenters. The molecule has 0 spiro atoms. The smallest absolute Gasteiger partial charge is 0.290 e. The van der Waals surface area contributed by atoms with Gasteiger partial charge in [0, 0.05) is 37.6 Å². The number of ketones is 1. The van der Waals surface area contributed by atoms with Crippen molar-refractivity contribution >= 4 is 11.7 Å². The van der Waals surface area contributed by atoms with Gasteiger partial charge in [-0.3, -0.25) is 9.59 Å². The van der Waals surface area contributed by atoms with Crippen LogP contribution in [0.1, 0.15) is 70.8 Å². The molecule has 1 saturated heterocycles. The summed E-state index contributed by atoms with van der Waals surface area (Å²) in [6.45, 7) is 2.59. The molecule has 1 fully saturated rings. The van der Waals surface area contributed by atoms with E-state index in [1.54, 1.807) is 0 Å². The summed E-state index contributed by atoms with van der Waals surface area (Å²) in [4.78, 5) is 26.8. The second kappa shape index (κ2) is 6.24. The van der Waals surface area contributed by atoms with Gasteiger partial charge >= 0.3 is 0 Å². The van der Waals surface area contributed by atoms with Crippen molar-refractivity contribution in [3.63, 3.8) is 0 Å². The lowest BCUT2D eigenvalue weighted by Crippen LogP contribution is -2.44. The Morgan fingerprint density at radius 2 is 2.14 bits per heavy atom. The number of furan rings is 1. The highest BCUT2D eigenvalue weighted by Crippen LogP contribution is 2.31. The average Bonchev–Trinajstić information content (AvgIpc) is 2.86. The number of hydrogen-bond acceptors (Lipinski definition) is 4. The first-order valence-corrected chi connectivity index (χ1v) is 8.20. The summed E-state index contributed by atoms with van der Waals surface area (Å²) in [5, 5.41) is 9.20. The van der Waals surface area contributed by atoms with Gasteiger partial charge in [0.1, 0.15) is 5.76 Å².